The van der Waals surface area contributed by atoms with Crippen LogP contribution in [0.25, 0.3) is 0 Å². The monoisotopic (exact) mass is 250 g/mol. The third-order valence-corrected chi connectivity index (χ3v) is 2.93. The third-order valence-electron chi connectivity index (χ3n) is 1.19. The Hall–Kier alpha value is -0.320. The maximum atomic E-state index is 11.1. The van der Waals surface area contributed by atoms with E-state index in [4.69, 9.17) is 0 Å². The number of hydrogen-bond acceptors (Lipinski definition) is 1. The van der Waals surface area contributed by atoms with Crippen molar-refractivity contribution in [1.82, 2.24) is 0 Å². The summed E-state index contributed by atoms with van der Waals surface area (Å²) in [7, 11) is 0. The Morgan fingerprint density at radius 3 is 2.40 bits per heavy atom. The molecule has 1 rings (SSSR count). The standard InChI is InChI=1S/C8H8OTe/c1-10-8(9)7-5-3-2-4-6-7/h2-6H,1H3. The molecule has 0 aromatic heterocycles. The molecule has 1 nitrogen and oxygen atoms in total. The van der Waals surface area contributed by atoms with Gasteiger partial charge in [0.05, 0.1) is 0 Å². The molecule has 2 heteroatoms. The van der Waals surface area contributed by atoms with Crippen LogP contribution in [0.15, 0.2) is 30.3 Å². The second-order valence-electron chi connectivity index (χ2n) is 1.86. The van der Waals surface area contributed by atoms with Crippen molar-refractivity contribution in [3.63, 3.8) is 0 Å². The molecule has 52 valence electrons. The van der Waals surface area contributed by atoms with Crippen molar-refractivity contribution in [3.8, 4) is 0 Å². The van der Waals surface area contributed by atoms with Gasteiger partial charge >= 0.3 is 70.4 Å². The minimum absolute atomic E-state index is 0.339. The van der Waals surface area contributed by atoms with Crippen LogP contribution in [0.4, 0.5) is 0 Å². The molecule has 1 aromatic rings. The van der Waals surface area contributed by atoms with Gasteiger partial charge in [-0.05, 0) is 0 Å². The van der Waals surface area contributed by atoms with Crippen LogP contribution in [0, 0.1) is 0 Å². The summed E-state index contributed by atoms with van der Waals surface area (Å²) in [6.07, 6.45) is 0. The van der Waals surface area contributed by atoms with Crippen molar-refractivity contribution in [2.75, 3.05) is 0 Å². The number of hydrogen-bond donors (Lipinski definition) is 0. The van der Waals surface area contributed by atoms with E-state index in [1.165, 1.54) is 0 Å². The van der Waals surface area contributed by atoms with Gasteiger partial charge in [0, 0.05) is 0 Å². The summed E-state index contributed by atoms with van der Waals surface area (Å²) in [5.74, 6) is 0. The molecule has 0 unspecified atom stereocenters. The normalized spacial score (nSPS) is 9.30. The molecule has 0 fully saturated rings. The van der Waals surface area contributed by atoms with Gasteiger partial charge in [0.2, 0.25) is 0 Å². The second kappa shape index (κ2) is 3.75. The fraction of sp³-hybridized carbons (Fsp3) is 0.125. The zero-order valence-electron chi connectivity index (χ0n) is 5.70. The molecular formula is C8H8OTe. The first-order valence-electron chi connectivity index (χ1n) is 2.98. The number of carbonyl (C=O) groups is 1. The second-order valence-corrected chi connectivity index (χ2v) is 4.08. The number of benzene rings is 1. The van der Waals surface area contributed by atoms with Gasteiger partial charge < -0.3 is 0 Å². The van der Waals surface area contributed by atoms with Gasteiger partial charge in [0.1, 0.15) is 0 Å². The van der Waals surface area contributed by atoms with Crippen molar-refractivity contribution in [2.24, 2.45) is 0 Å². The molecule has 0 saturated carbocycles. The minimum atomic E-state index is -0.429. The summed E-state index contributed by atoms with van der Waals surface area (Å²) in [6, 6.07) is 9.46. The Morgan fingerprint density at radius 1 is 1.30 bits per heavy atom. The van der Waals surface area contributed by atoms with Gasteiger partial charge in [-0.2, -0.15) is 0 Å². The van der Waals surface area contributed by atoms with Crippen LogP contribution in [0.3, 0.4) is 0 Å². The Bertz CT molecular complexity index is 218. The SMILES string of the molecule is C[Te]C(=O)c1ccccc1. The van der Waals surface area contributed by atoms with E-state index >= 15 is 0 Å². The van der Waals surface area contributed by atoms with E-state index in [-0.39, 0.29) is 0 Å². The number of carbonyl (C=O) groups excluding carboxylic acids is 1. The van der Waals surface area contributed by atoms with E-state index in [1.807, 2.05) is 35.3 Å². The Labute approximate surface area is 70.5 Å². The molecule has 0 heterocycles. The zero-order valence-corrected chi connectivity index (χ0v) is 8.03. The maximum absolute atomic E-state index is 11.1. The molecule has 0 bridgehead atoms. The summed E-state index contributed by atoms with van der Waals surface area (Å²) in [6.45, 7) is 0. The Kier molecular flexibility index (Phi) is 2.92. The Balaban J connectivity index is 2.85. The third kappa shape index (κ3) is 1.83. The van der Waals surface area contributed by atoms with E-state index in [1.54, 1.807) is 0 Å². The van der Waals surface area contributed by atoms with E-state index in [2.05, 4.69) is 0 Å². The fourth-order valence-electron chi connectivity index (χ4n) is 0.692. The topological polar surface area (TPSA) is 17.1 Å². The molecule has 0 spiro atoms. The summed E-state index contributed by atoms with van der Waals surface area (Å²) in [5, 5.41) is 0. The summed E-state index contributed by atoms with van der Waals surface area (Å²) >= 11 is -0.429. The fourth-order valence-corrected chi connectivity index (χ4v) is 1.75. The quantitative estimate of drug-likeness (QED) is 0.726. The first kappa shape index (κ1) is 7.78. The van der Waals surface area contributed by atoms with Crippen LogP contribution in [-0.2, 0) is 0 Å². The van der Waals surface area contributed by atoms with Gasteiger partial charge in [0.15, 0.2) is 0 Å². The molecule has 0 N–H and O–H groups in total. The van der Waals surface area contributed by atoms with Crippen LogP contribution in [0.5, 0.6) is 0 Å². The van der Waals surface area contributed by atoms with Crippen LogP contribution >= 0.6 is 0 Å². The molecule has 10 heavy (non-hydrogen) atoms. The van der Waals surface area contributed by atoms with Crippen molar-refractivity contribution in [1.29, 1.82) is 0 Å². The predicted molar refractivity (Wildman–Crippen MR) is 42.4 cm³/mol. The van der Waals surface area contributed by atoms with Gasteiger partial charge in [-0.15, -0.1) is 0 Å². The summed E-state index contributed by atoms with van der Waals surface area (Å²) < 4.78 is 0.339. The molecule has 0 amide bonds. The van der Waals surface area contributed by atoms with Crippen molar-refractivity contribution < 1.29 is 4.79 Å². The van der Waals surface area contributed by atoms with Crippen LogP contribution in [-0.4, -0.2) is 24.8 Å². The Morgan fingerprint density at radius 2 is 1.90 bits per heavy atom. The molecule has 0 aliphatic heterocycles. The molecule has 0 aliphatic carbocycles. The van der Waals surface area contributed by atoms with Crippen LogP contribution in [0.1, 0.15) is 10.4 Å². The van der Waals surface area contributed by atoms with Crippen LogP contribution in [0.2, 0.25) is 4.97 Å². The molecule has 0 aliphatic rings. The van der Waals surface area contributed by atoms with Gasteiger partial charge in [0.25, 0.3) is 0 Å². The average molecular weight is 248 g/mol. The van der Waals surface area contributed by atoms with Crippen molar-refractivity contribution in [3.05, 3.63) is 35.9 Å². The van der Waals surface area contributed by atoms with Gasteiger partial charge in [-0.1, -0.05) is 0 Å². The molecule has 0 atom stereocenters. The van der Waals surface area contributed by atoms with Gasteiger partial charge in [-0.25, -0.2) is 0 Å². The van der Waals surface area contributed by atoms with E-state index in [0.29, 0.717) is 3.83 Å². The predicted octanol–water partition coefficient (Wildman–Crippen LogP) is 1.58. The van der Waals surface area contributed by atoms with E-state index in [9.17, 15) is 4.79 Å². The summed E-state index contributed by atoms with van der Waals surface area (Å²) in [5.41, 5.74) is 0.868. The molecule has 0 radical (unpaired) electrons. The molecular weight excluding hydrogens is 240 g/mol. The van der Waals surface area contributed by atoms with Crippen LogP contribution < -0.4 is 0 Å². The number of rotatable bonds is 2. The first-order valence-corrected chi connectivity index (χ1v) is 6.47. The van der Waals surface area contributed by atoms with E-state index in [0.717, 1.165) is 5.56 Å². The van der Waals surface area contributed by atoms with E-state index < -0.39 is 20.9 Å². The molecule has 1 aromatic carbocycles. The first-order chi connectivity index (χ1) is 4.84. The van der Waals surface area contributed by atoms with Crippen molar-refractivity contribution in [2.45, 2.75) is 4.97 Å². The van der Waals surface area contributed by atoms with Crippen molar-refractivity contribution >= 4 is 24.8 Å². The average Bonchev–Trinajstić information content (AvgIpc) is 2.05. The molecule has 0 saturated heterocycles. The van der Waals surface area contributed by atoms with Gasteiger partial charge in [-0.3, -0.25) is 0 Å². The summed E-state index contributed by atoms with van der Waals surface area (Å²) in [4.78, 5) is 13.1. The zero-order chi connectivity index (χ0) is 7.40.